The lowest BCUT2D eigenvalue weighted by Gasteiger charge is -2.33. The molecule has 2 aromatic rings. The van der Waals surface area contributed by atoms with Crippen molar-refractivity contribution >= 4 is 5.82 Å². The molecule has 1 aromatic carbocycles. The zero-order valence-electron chi connectivity index (χ0n) is 20.5. The van der Waals surface area contributed by atoms with Gasteiger partial charge in [-0.15, -0.1) is 0 Å². The van der Waals surface area contributed by atoms with E-state index in [4.69, 9.17) is 15.7 Å². The number of aliphatic hydroxyl groups excluding tert-OH is 1. The second kappa shape index (κ2) is 11.4. The van der Waals surface area contributed by atoms with Crippen LogP contribution in [0.15, 0.2) is 30.3 Å². The number of nitrogens with one attached hydrogen (secondary N) is 1. The van der Waals surface area contributed by atoms with Crippen LogP contribution in [-0.2, 0) is 12.8 Å². The van der Waals surface area contributed by atoms with Gasteiger partial charge in [0.05, 0.1) is 17.1 Å². The molecular weight excluding hydrogens is 408 g/mol. The van der Waals surface area contributed by atoms with Gasteiger partial charge in [0.15, 0.2) is 0 Å². The number of rotatable bonds is 9. The first-order chi connectivity index (χ1) is 16.0. The normalized spacial score (nSPS) is 23.0. The van der Waals surface area contributed by atoms with Crippen molar-refractivity contribution in [1.29, 1.82) is 0 Å². The van der Waals surface area contributed by atoms with Crippen LogP contribution in [0.25, 0.3) is 0 Å². The molecule has 180 valence electrons. The van der Waals surface area contributed by atoms with Gasteiger partial charge in [0.1, 0.15) is 12.0 Å². The summed E-state index contributed by atoms with van der Waals surface area (Å²) >= 11 is 0. The molecule has 0 spiro atoms. The molecule has 0 aliphatic heterocycles. The zero-order valence-corrected chi connectivity index (χ0v) is 20.5. The van der Waals surface area contributed by atoms with Crippen molar-refractivity contribution in [3.63, 3.8) is 0 Å². The molecule has 3 unspecified atom stereocenters. The largest absolute Gasteiger partial charge is 0.374 e. The Morgan fingerprint density at radius 1 is 1.06 bits per heavy atom. The Labute approximate surface area is 199 Å². The number of aromatic nitrogens is 2. The minimum atomic E-state index is -0.629. The average Bonchev–Trinajstić information content (AvgIpc) is 2.85. The van der Waals surface area contributed by atoms with E-state index in [9.17, 15) is 5.11 Å². The summed E-state index contributed by atoms with van der Waals surface area (Å²) < 4.78 is 0. The van der Waals surface area contributed by atoms with Gasteiger partial charge in [-0.1, -0.05) is 63.4 Å². The minimum absolute atomic E-state index is 0.269. The molecule has 5 heteroatoms. The number of nitrogens with zero attached hydrogens (tertiary/aromatic N) is 2. The number of anilines is 1. The maximum atomic E-state index is 10.8. The molecule has 2 aliphatic carbocycles. The minimum Gasteiger partial charge on any atom is -0.374 e. The lowest BCUT2D eigenvalue weighted by atomic mass is 9.76. The molecule has 2 aliphatic rings. The van der Waals surface area contributed by atoms with E-state index in [0.717, 1.165) is 49.3 Å². The Morgan fingerprint density at radius 2 is 1.82 bits per heavy atom. The smallest absolute Gasteiger partial charge is 0.150 e. The van der Waals surface area contributed by atoms with Crippen molar-refractivity contribution in [3.05, 3.63) is 53.0 Å². The van der Waals surface area contributed by atoms with Crippen LogP contribution in [0.3, 0.4) is 0 Å². The third-order valence-electron chi connectivity index (χ3n) is 7.89. The lowest BCUT2D eigenvalue weighted by molar-refractivity contribution is 0.192. The van der Waals surface area contributed by atoms with Crippen LogP contribution in [0.5, 0.6) is 0 Å². The fourth-order valence-electron chi connectivity index (χ4n) is 5.66. The standard InChI is InChI=1S/C28H42N4O/c1-3-23(29)18-22-15-16-24-26(19(22)2)32-27(21-12-8-5-9-13-21)28(30-24)31-25(33)17-14-20-10-6-4-7-11-20/h4,6-7,10-11,19,21-23,25,33H,3,5,8-9,12-18,29H2,1-2H3,(H,30,31)/t19?,22-,23?,25?/m1/s1. The zero-order chi connectivity index (χ0) is 23.2. The lowest BCUT2D eigenvalue weighted by Crippen LogP contribution is -2.30. The van der Waals surface area contributed by atoms with E-state index >= 15 is 0 Å². The highest BCUT2D eigenvalue weighted by molar-refractivity contribution is 5.46. The summed E-state index contributed by atoms with van der Waals surface area (Å²) in [5.41, 5.74) is 10.9. The average molecular weight is 451 g/mol. The van der Waals surface area contributed by atoms with Crippen LogP contribution in [-0.4, -0.2) is 27.3 Å². The molecule has 5 nitrogen and oxygen atoms in total. The highest BCUT2D eigenvalue weighted by Crippen LogP contribution is 2.41. The van der Waals surface area contributed by atoms with Crippen LogP contribution in [0.2, 0.25) is 0 Å². The number of benzene rings is 1. The fourth-order valence-corrected chi connectivity index (χ4v) is 5.66. The fraction of sp³-hybridized carbons (Fsp3) is 0.643. The third kappa shape index (κ3) is 6.13. The maximum absolute atomic E-state index is 10.8. The summed E-state index contributed by atoms with van der Waals surface area (Å²) in [5, 5.41) is 14.2. The monoisotopic (exact) mass is 450 g/mol. The third-order valence-corrected chi connectivity index (χ3v) is 7.89. The number of aliphatic hydroxyl groups is 1. The van der Waals surface area contributed by atoms with Crippen molar-refractivity contribution in [2.75, 3.05) is 5.32 Å². The van der Waals surface area contributed by atoms with Crippen molar-refractivity contribution in [2.24, 2.45) is 11.7 Å². The van der Waals surface area contributed by atoms with Gasteiger partial charge in [0.25, 0.3) is 0 Å². The first kappa shape index (κ1) is 24.2. The molecule has 0 saturated heterocycles. The van der Waals surface area contributed by atoms with Crippen molar-refractivity contribution in [1.82, 2.24) is 9.97 Å². The van der Waals surface area contributed by atoms with Gasteiger partial charge < -0.3 is 16.2 Å². The number of nitrogens with two attached hydrogens (primary N) is 1. The molecule has 0 radical (unpaired) electrons. The molecule has 0 bridgehead atoms. The quantitative estimate of drug-likeness (QED) is 0.428. The molecule has 4 N–H and O–H groups in total. The summed E-state index contributed by atoms with van der Waals surface area (Å²) in [6, 6.07) is 10.6. The first-order valence-electron chi connectivity index (χ1n) is 13.2. The van der Waals surface area contributed by atoms with Gasteiger partial charge in [-0.05, 0) is 62.8 Å². The van der Waals surface area contributed by atoms with E-state index in [1.54, 1.807) is 0 Å². The highest BCUT2D eigenvalue weighted by Gasteiger charge is 2.32. The second-order valence-electron chi connectivity index (χ2n) is 10.3. The Bertz CT molecular complexity index is 881. The van der Waals surface area contributed by atoms with Gasteiger partial charge in [-0.25, -0.2) is 4.98 Å². The van der Waals surface area contributed by atoms with Crippen molar-refractivity contribution in [3.8, 4) is 0 Å². The number of hydrogen-bond donors (Lipinski definition) is 3. The Kier molecular flexibility index (Phi) is 8.37. The number of fused-ring (bicyclic) bond motifs is 1. The summed E-state index contributed by atoms with van der Waals surface area (Å²) in [5.74, 6) is 2.22. The predicted octanol–water partition coefficient (Wildman–Crippen LogP) is 5.68. The summed E-state index contributed by atoms with van der Waals surface area (Å²) in [4.78, 5) is 10.4. The van der Waals surface area contributed by atoms with Gasteiger partial charge in [0.2, 0.25) is 0 Å². The first-order valence-corrected chi connectivity index (χ1v) is 13.2. The maximum Gasteiger partial charge on any atom is 0.150 e. The molecule has 1 heterocycles. The van der Waals surface area contributed by atoms with E-state index in [1.807, 2.05) is 18.2 Å². The Hall–Kier alpha value is -1.98. The summed E-state index contributed by atoms with van der Waals surface area (Å²) in [6.45, 7) is 4.49. The van der Waals surface area contributed by atoms with E-state index in [-0.39, 0.29) is 6.04 Å². The molecule has 1 aromatic heterocycles. The summed E-state index contributed by atoms with van der Waals surface area (Å²) in [6.07, 6.45) is 11.2. The molecule has 0 amide bonds. The predicted molar refractivity (Wildman–Crippen MR) is 135 cm³/mol. The number of hydrogen-bond acceptors (Lipinski definition) is 5. The van der Waals surface area contributed by atoms with Crippen molar-refractivity contribution < 1.29 is 5.11 Å². The van der Waals surface area contributed by atoms with Crippen molar-refractivity contribution in [2.45, 2.75) is 109 Å². The molecule has 1 fully saturated rings. The topological polar surface area (TPSA) is 84.1 Å². The SMILES string of the molecule is CCC(N)C[C@H]1CCc2nc(NC(O)CCc3ccccc3)c(C3CCCCC3)nc2C1C. The Morgan fingerprint density at radius 3 is 2.55 bits per heavy atom. The van der Waals surface area contributed by atoms with E-state index < -0.39 is 6.23 Å². The van der Waals surface area contributed by atoms with E-state index in [0.29, 0.717) is 24.2 Å². The second-order valence-corrected chi connectivity index (χ2v) is 10.3. The molecule has 33 heavy (non-hydrogen) atoms. The van der Waals surface area contributed by atoms with Gasteiger partial charge in [-0.3, -0.25) is 4.98 Å². The van der Waals surface area contributed by atoms with Crippen LogP contribution in [0.1, 0.15) is 106 Å². The van der Waals surface area contributed by atoms with Crippen LogP contribution in [0, 0.1) is 5.92 Å². The van der Waals surface area contributed by atoms with Gasteiger partial charge in [0, 0.05) is 17.9 Å². The Balaban J connectivity index is 1.54. The van der Waals surface area contributed by atoms with Gasteiger partial charge >= 0.3 is 0 Å². The number of aryl methyl sites for hydroxylation is 2. The molecular formula is C28H42N4O. The highest BCUT2D eigenvalue weighted by atomic mass is 16.3. The molecule has 4 atom stereocenters. The molecule has 4 rings (SSSR count). The molecule has 1 saturated carbocycles. The van der Waals surface area contributed by atoms with Crippen LogP contribution in [0.4, 0.5) is 5.82 Å². The summed E-state index contributed by atoms with van der Waals surface area (Å²) in [7, 11) is 0. The van der Waals surface area contributed by atoms with E-state index in [1.165, 1.54) is 43.4 Å². The van der Waals surface area contributed by atoms with Gasteiger partial charge in [-0.2, -0.15) is 0 Å². The van der Waals surface area contributed by atoms with E-state index in [2.05, 4.69) is 31.3 Å². The van der Waals surface area contributed by atoms with Crippen LogP contribution >= 0.6 is 0 Å². The van der Waals surface area contributed by atoms with Crippen LogP contribution < -0.4 is 11.1 Å².